The van der Waals surface area contributed by atoms with E-state index in [0.717, 1.165) is 12.1 Å². The van der Waals surface area contributed by atoms with Gasteiger partial charge in [-0.25, -0.2) is 13.0 Å². The summed E-state index contributed by atoms with van der Waals surface area (Å²) in [6, 6.07) is 4.51. The third-order valence-corrected chi connectivity index (χ3v) is 6.77. The van der Waals surface area contributed by atoms with Crippen LogP contribution in [0.4, 0.5) is 26.0 Å². The Hall–Kier alpha value is -2.30. The van der Waals surface area contributed by atoms with Gasteiger partial charge in [0.1, 0.15) is 28.4 Å². The summed E-state index contributed by atoms with van der Waals surface area (Å²) in [6.45, 7) is 1.18. The van der Waals surface area contributed by atoms with Crippen molar-refractivity contribution in [2.24, 2.45) is 7.05 Å². The molecule has 1 aromatic carbocycles. The minimum atomic E-state index is -1.62. The second-order valence-electron chi connectivity index (χ2n) is 7.30. The van der Waals surface area contributed by atoms with Crippen LogP contribution < -0.4 is 15.6 Å². The van der Waals surface area contributed by atoms with Crippen molar-refractivity contribution in [2.75, 3.05) is 16.6 Å². The molecule has 0 amide bonds. The fourth-order valence-corrected chi connectivity index (χ4v) is 4.54. The number of hydrogen-bond acceptors (Lipinski definition) is 5. The number of anilines is 3. The van der Waals surface area contributed by atoms with Crippen molar-refractivity contribution < 1.29 is 23.2 Å². The fourth-order valence-electron chi connectivity index (χ4n) is 3.15. The number of pyridine rings is 1. The summed E-state index contributed by atoms with van der Waals surface area (Å²) in [5.74, 6) is -1.41. The molecule has 0 radical (unpaired) electrons. The van der Waals surface area contributed by atoms with Crippen LogP contribution in [-0.4, -0.2) is 36.4 Å². The molecule has 10 heteroatoms. The van der Waals surface area contributed by atoms with Crippen molar-refractivity contribution >= 4 is 28.2 Å². The zero-order valence-corrected chi connectivity index (χ0v) is 16.9. The van der Waals surface area contributed by atoms with Crippen molar-refractivity contribution in [3.05, 3.63) is 51.8 Å². The van der Waals surface area contributed by atoms with E-state index in [-0.39, 0.29) is 23.5 Å². The van der Waals surface area contributed by atoms with Gasteiger partial charge in [0.05, 0.1) is 28.8 Å². The highest BCUT2D eigenvalue weighted by molar-refractivity contribution is 7.88. The monoisotopic (exact) mass is 427 g/mol. The Morgan fingerprint density at radius 3 is 2.55 bits per heavy atom. The summed E-state index contributed by atoms with van der Waals surface area (Å²) in [7, 11) is -0.141. The van der Waals surface area contributed by atoms with E-state index in [0.29, 0.717) is 24.1 Å². The summed E-state index contributed by atoms with van der Waals surface area (Å²) in [5.41, 5.74) is 0.313. The van der Waals surface area contributed by atoms with Gasteiger partial charge in [0, 0.05) is 18.7 Å². The van der Waals surface area contributed by atoms with E-state index in [9.17, 15) is 22.9 Å². The number of nitrogens with one attached hydrogen (secondary N) is 2. The molecule has 4 N–H and O–H groups in total. The second kappa shape index (κ2) is 8.21. The van der Waals surface area contributed by atoms with Gasteiger partial charge in [0.25, 0.3) is 5.56 Å². The quantitative estimate of drug-likeness (QED) is 0.516. The third-order valence-electron chi connectivity index (χ3n) is 5.00. The van der Waals surface area contributed by atoms with Crippen LogP contribution in [0.15, 0.2) is 29.1 Å². The summed E-state index contributed by atoms with van der Waals surface area (Å²) in [6.07, 6.45) is 0.424. The molecule has 0 aliphatic heterocycles. The highest BCUT2D eigenvalue weighted by Crippen LogP contribution is 2.46. The van der Waals surface area contributed by atoms with Crippen molar-refractivity contribution in [3.63, 3.8) is 0 Å². The maximum Gasteiger partial charge on any atom is 0.254 e. The number of aliphatic hydroxyl groups is 2. The Balaban J connectivity index is 1.94. The lowest BCUT2D eigenvalue weighted by Gasteiger charge is -2.22. The van der Waals surface area contributed by atoms with Gasteiger partial charge in [0.2, 0.25) is 0 Å². The fraction of sp³-hybridized carbons (Fsp3) is 0.421. The van der Waals surface area contributed by atoms with E-state index in [1.807, 2.05) is 0 Å². The molecule has 3 rings (SSSR count). The lowest BCUT2D eigenvalue weighted by molar-refractivity contribution is 0.0862. The molecule has 1 saturated carbocycles. The first-order valence-electron chi connectivity index (χ1n) is 9.07. The molecule has 1 aliphatic rings. The van der Waals surface area contributed by atoms with Crippen LogP contribution in [-0.2, 0) is 18.0 Å². The molecule has 1 heterocycles. The van der Waals surface area contributed by atoms with E-state index < -0.39 is 40.1 Å². The van der Waals surface area contributed by atoms with E-state index in [4.69, 9.17) is 5.11 Å². The van der Waals surface area contributed by atoms with E-state index in [1.54, 1.807) is 6.92 Å². The van der Waals surface area contributed by atoms with Gasteiger partial charge >= 0.3 is 0 Å². The van der Waals surface area contributed by atoms with Crippen molar-refractivity contribution in [3.8, 4) is 0 Å². The molecule has 158 valence electrons. The zero-order valence-electron chi connectivity index (χ0n) is 16.0. The predicted octanol–water partition coefficient (Wildman–Crippen LogP) is 2.07. The number of halogens is 2. The first-order valence-corrected chi connectivity index (χ1v) is 10.2. The normalized spacial score (nSPS) is 16.9. The van der Waals surface area contributed by atoms with Crippen LogP contribution >= 0.6 is 0 Å². The molecule has 1 fully saturated rings. The molecule has 1 aromatic heterocycles. The largest absolute Gasteiger partial charge is 0.394 e. The first kappa shape index (κ1) is 21.4. The average Bonchev–Trinajstić information content (AvgIpc) is 3.45. The van der Waals surface area contributed by atoms with Crippen LogP contribution in [0.2, 0.25) is 0 Å². The van der Waals surface area contributed by atoms with E-state index >= 15 is 0 Å². The maximum absolute atomic E-state index is 14.1. The molecular weight excluding hydrogens is 404 g/mol. The van der Waals surface area contributed by atoms with Gasteiger partial charge in [-0.2, -0.15) is 0 Å². The molecule has 0 bridgehead atoms. The number of nitrogens with zero attached hydrogens (tertiary/aromatic N) is 1. The minimum Gasteiger partial charge on any atom is -0.394 e. The van der Waals surface area contributed by atoms with Gasteiger partial charge in [-0.1, -0.05) is 0 Å². The van der Waals surface area contributed by atoms with Crippen LogP contribution in [0, 0.1) is 18.6 Å². The topological polar surface area (TPSA) is 104 Å². The molecule has 29 heavy (non-hydrogen) atoms. The zero-order chi connectivity index (χ0) is 21.3. The lowest BCUT2D eigenvalue weighted by Crippen LogP contribution is -2.31. The summed E-state index contributed by atoms with van der Waals surface area (Å²) in [5, 5.41) is 21.6. The Kier molecular flexibility index (Phi) is 6.06. The Morgan fingerprint density at radius 1 is 1.28 bits per heavy atom. The van der Waals surface area contributed by atoms with Crippen LogP contribution in [0.3, 0.4) is 0 Å². The predicted molar refractivity (Wildman–Crippen MR) is 108 cm³/mol. The minimum absolute atomic E-state index is 0.0454. The number of aromatic nitrogens is 1. The number of rotatable bonds is 8. The molecule has 0 saturated heterocycles. The highest BCUT2D eigenvalue weighted by atomic mass is 32.2. The third kappa shape index (κ3) is 4.49. The molecular formula is C19H23F2N3O4S. The second-order valence-corrected chi connectivity index (χ2v) is 8.90. The SMILES string of the molecule is Cc1cc(NS(=O)C2(CC(O)CO)CC2)c(Nc2ccc(F)cc2F)n(C)c1=O. The van der Waals surface area contributed by atoms with Crippen molar-refractivity contribution in [2.45, 2.75) is 37.0 Å². The van der Waals surface area contributed by atoms with Gasteiger partial charge in [-0.3, -0.25) is 9.36 Å². The van der Waals surface area contributed by atoms with Gasteiger partial charge in [-0.15, -0.1) is 0 Å². The standard InChI is InChI=1S/C19H23F2N3O4S/c1-11-7-16(23-29(28)19(5-6-19)9-13(26)10-25)17(24(2)18(11)27)22-15-4-3-12(20)8-14(15)21/h3-4,7-8,13,22-23,25-26H,5-6,9-10H2,1-2H3. The molecule has 1 aliphatic carbocycles. The Bertz CT molecular complexity index is 1010. The summed E-state index contributed by atoms with van der Waals surface area (Å²) >= 11 is 0. The van der Waals surface area contributed by atoms with Crippen LogP contribution in [0.1, 0.15) is 24.8 Å². The molecule has 2 aromatic rings. The van der Waals surface area contributed by atoms with Gasteiger partial charge in [-0.05, 0) is 44.4 Å². The Morgan fingerprint density at radius 2 is 1.97 bits per heavy atom. The van der Waals surface area contributed by atoms with Crippen molar-refractivity contribution in [1.82, 2.24) is 4.57 Å². The van der Waals surface area contributed by atoms with E-state index in [2.05, 4.69) is 10.0 Å². The summed E-state index contributed by atoms with van der Waals surface area (Å²) < 4.78 is 43.7. The number of aryl methyl sites for hydroxylation is 1. The highest BCUT2D eigenvalue weighted by Gasteiger charge is 2.50. The number of benzene rings is 1. The molecule has 2 atom stereocenters. The molecule has 2 unspecified atom stereocenters. The van der Waals surface area contributed by atoms with Gasteiger partial charge < -0.3 is 20.3 Å². The average molecular weight is 427 g/mol. The maximum atomic E-state index is 14.1. The van der Waals surface area contributed by atoms with Crippen molar-refractivity contribution in [1.29, 1.82) is 0 Å². The Labute approximate surface area is 169 Å². The molecule has 7 nitrogen and oxygen atoms in total. The smallest absolute Gasteiger partial charge is 0.254 e. The van der Waals surface area contributed by atoms with Crippen LogP contribution in [0.5, 0.6) is 0 Å². The van der Waals surface area contributed by atoms with Crippen LogP contribution in [0.25, 0.3) is 0 Å². The van der Waals surface area contributed by atoms with E-state index in [1.165, 1.54) is 23.7 Å². The number of aliphatic hydroxyl groups excluding tert-OH is 2. The van der Waals surface area contributed by atoms with Gasteiger partial charge in [0.15, 0.2) is 0 Å². The lowest BCUT2D eigenvalue weighted by atomic mass is 10.2. The number of hydrogen-bond donors (Lipinski definition) is 4. The summed E-state index contributed by atoms with van der Waals surface area (Å²) in [4.78, 5) is 12.4. The molecule has 0 spiro atoms. The first-order chi connectivity index (χ1) is 13.7.